The van der Waals surface area contributed by atoms with Gasteiger partial charge in [-0.05, 0) is 38.1 Å². The van der Waals surface area contributed by atoms with Gasteiger partial charge in [0.15, 0.2) is 11.6 Å². The Morgan fingerprint density at radius 1 is 1.03 bits per heavy atom. The first-order valence-electron chi connectivity index (χ1n) is 11.1. The Labute approximate surface area is 192 Å². The third kappa shape index (κ3) is 5.08. The van der Waals surface area contributed by atoms with E-state index in [9.17, 15) is 0 Å². The van der Waals surface area contributed by atoms with Gasteiger partial charge in [-0.25, -0.2) is 15.0 Å². The topological polar surface area (TPSA) is 105 Å². The molecule has 0 unspecified atom stereocenters. The fourth-order valence-electron chi connectivity index (χ4n) is 3.89. The van der Waals surface area contributed by atoms with Crippen LogP contribution in [-0.2, 0) is 0 Å². The third-order valence-corrected chi connectivity index (χ3v) is 5.53. The number of hydrogen-bond donors (Lipinski definition) is 2. The van der Waals surface area contributed by atoms with Crippen molar-refractivity contribution in [2.75, 3.05) is 23.3 Å². The van der Waals surface area contributed by atoms with Crippen molar-refractivity contribution in [1.82, 2.24) is 30.1 Å². The number of ether oxygens (including phenoxy) is 1. The van der Waals surface area contributed by atoms with Crippen LogP contribution >= 0.6 is 0 Å². The lowest BCUT2D eigenvalue weighted by atomic mass is 10.1. The maximum atomic E-state index is 6.04. The molecule has 0 atom stereocenters. The number of nitrogens with zero attached hydrogens (tertiary/aromatic N) is 6. The molecule has 5 heterocycles. The van der Waals surface area contributed by atoms with Crippen molar-refractivity contribution in [3.8, 4) is 17.1 Å². The van der Waals surface area contributed by atoms with Crippen molar-refractivity contribution < 1.29 is 4.74 Å². The average molecular weight is 443 g/mol. The summed E-state index contributed by atoms with van der Waals surface area (Å²) >= 11 is 0. The van der Waals surface area contributed by atoms with Gasteiger partial charge in [0.2, 0.25) is 0 Å². The van der Waals surface area contributed by atoms with Gasteiger partial charge in [0.25, 0.3) is 0 Å². The number of piperidine rings is 1. The number of H-pyrrole nitrogens is 1. The van der Waals surface area contributed by atoms with E-state index in [0.29, 0.717) is 11.6 Å². The number of aryl methyl sites for hydroxylation is 2. The van der Waals surface area contributed by atoms with Crippen LogP contribution in [0.1, 0.15) is 24.2 Å². The summed E-state index contributed by atoms with van der Waals surface area (Å²) in [6.45, 7) is 5.70. The summed E-state index contributed by atoms with van der Waals surface area (Å²) < 4.78 is 6.04. The minimum absolute atomic E-state index is 0.203. The second kappa shape index (κ2) is 9.23. The molecular weight excluding hydrogens is 416 g/mol. The van der Waals surface area contributed by atoms with Gasteiger partial charge in [-0.3, -0.25) is 10.1 Å². The van der Waals surface area contributed by atoms with Gasteiger partial charge < -0.3 is 15.0 Å². The van der Waals surface area contributed by atoms with Gasteiger partial charge in [0.1, 0.15) is 23.5 Å². The minimum atomic E-state index is 0.203. The smallest absolute Gasteiger partial charge is 0.163 e. The van der Waals surface area contributed by atoms with Gasteiger partial charge in [-0.15, -0.1) is 0 Å². The summed E-state index contributed by atoms with van der Waals surface area (Å²) in [6, 6.07) is 11.7. The summed E-state index contributed by atoms with van der Waals surface area (Å²) in [6.07, 6.45) is 7.45. The molecule has 0 aliphatic carbocycles. The van der Waals surface area contributed by atoms with Crippen LogP contribution in [0.25, 0.3) is 11.4 Å². The average Bonchev–Trinajstić information content (AvgIpc) is 3.24. The lowest BCUT2D eigenvalue weighted by Crippen LogP contribution is -2.38. The summed E-state index contributed by atoms with van der Waals surface area (Å²) in [5.41, 5.74) is 2.73. The van der Waals surface area contributed by atoms with Crippen molar-refractivity contribution in [1.29, 1.82) is 0 Å². The molecule has 5 rings (SSSR count). The van der Waals surface area contributed by atoms with Crippen molar-refractivity contribution in [2.24, 2.45) is 0 Å². The monoisotopic (exact) mass is 442 g/mol. The molecule has 0 bridgehead atoms. The van der Waals surface area contributed by atoms with E-state index in [1.807, 2.05) is 56.4 Å². The summed E-state index contributed by atoms with van der Waals surface area (Å²) in [5, 5.41) is 10.4. The molecule has 1 aliphatic rings. The molecule has 9 nitrogen and oxygen atoms in total. The maximum Gasteiger partial charge on any atom is 0.163 e. The van der Waals surface area contributed by atoms with Crippen LogP contribution in [-0.4, -0.2) is 49.3 Å². The Bertz CT molecular complexity index is 1200. The molecule has 4 aromatic rings. The predicted octanol–water partition coefficient (Wildman–Crippen LogP) is 4.06. The van der Waals surface area contributed by atoms with Crippen molar-refractivity contribution >= 4 is 17.5 Å². The van der Waals surface area contributed by atoms with Crippen molar-refractivity contribution in [3.63, 3.8) is 0 Å². The Morgan fingerprint density at radius 3 is 2.61 bits per heavy atom. The standard InChI is InChI=1S/C24H26N8O/c1-16-12-21(28-22-13-17(2)30-31-22)29-24(27-16)18-5-6-23(26-14-18)32-10-7-19(8-11-32)33-20-4-3-9-25-15-20/h3-6,9,12-15,19H,7-8,10-11H2,1-2H3,(H2,27,28,29,30,31). The molecule has 1 fully saturated rings. The maximum absolute atomic E-state index is 6.04. The van der Waals surface area contributed by atoms with E-state index < -0.39 is 0 Å². The molecule has 0 saturated carbocycles. The molecule has 168 valence electrons. The number of aromatic nitrogens is 6. The Hall–Kier alpha value is -4.01. The largest absolute Gasteiger partial charge is 0.489 e. The zero-order valence-electron chi connectivity index (χ0n) is 18.7. The van der Waals surface area contributed by atoms with Gasteiger partial charge in [0, 0.05) is 67.4 Å². The lowest BCUT2D eigenvalue weighted by molar-refractivity contribution is 0.170. The second-order valence-corrected chi connectivity index (χ2v) is 8.18. The Kier molecular flexibility index (Phi) is 5.84. The molecule has 2 N–H and O–H groups in total. The molecule has 33 heavy (non-hydrogen) atoms. The van der Waals surface area contributed by atoms with Gasteiger partial charge >= 0.3 is 0 Å². The van der Waals surface area contributed by atoms with Crippen LogP contribution in [0.15, 0.2) is 55.0 Å². The lowest BCUT2D eigenvalue weighted by Gasteiger charge is -2.32. The number of aromatic amines is 1. The van der Waals surface area contributed by atoms with Gasteiger partial charge in [0.05, 0.1) is 6.20 Å². The fraction of sp³-hybridized carbons (Fsp3) is 0.292. The predicted molar refractivity (Wildman–Crippen MR) is 127 cm³/mol. The van der Waals surface area contributed by atoms with E-state index in [4.69, 9.17) is 9.72 Å². The molecule has 1 aliphatic heterocycles. The normalized spacial score (nSPS) is 14.3. The van der Waals surface area contributed by atoms with Crippen LogP contribution in [0.4, 0.5) is 17.5 Å². The van der Waals surface area contributed by atoms with Crippen LogP contribution in [0.3, 0.4) is 0 Å². The minimum Gasteiger partial charge on any atom is -0.489 e. The number of rotatable bonds is 6. The highest BCUT2D eigenvalue weighted by molar-refractivity contribution is 5.61. The highest BCUT2D eigenvalue weighted by Crippen LogP contribution is 2.24. The SMILES string of the molecule is Cc1cc(Nc2cc(C)[nH]n2)nc(-c2ccc(N3CCC(Oc4cccnc4)CC3)nc2)n1. The first-order valence-corrected chi connectivity index (χ1v) is 11.1. The van der Waals surface area contributed by atoms with E-state index in [2.05, 4.69) is 35.4 Å². The molecule has 9 heteroatoms. The van der Waals surface area contributed by atoms with Crippen LogP contribution in [0.5, 0.6) is 5.75 Å². The Balaban J connectivity index is 1.23. The highest BCUT2D eigenvalue weighted by Gasteiger charge is 2.21. The van der Waals surface area contributed by atoms with Crippen LogP contribution in [0, 0.1) is 13.8 Å². The van der Waals surface area contributed by atoms with Crippen LogP contribution in [0.2, 0.25) is 0 Å². The Morgan fingerprint density at radius 2 is 1.91 bits per heavy atom. The second-order valence-electron chi connectivity index (χ2n) is 8.18. The number of anilines is 3. The van der Waals surface area contributed by atoms with E-state index in [1.165, 1.54) is 0 Å². The van der Waals surface area contributed by atoms with Gasteiger partial charge in [-0.2, -0.15) is 5.10 Å². The molecule has 0 aromatic carbocycles. The molecule has 0 amide bonds. The van der Waals surface area contributed by atoms with E-state index in [0.717, 1.165) is 60.3 Å². The highest BCUT2D eigenvalue weighted by atomic mass is 16.5. The van der Waals surface area contributed by atoms with E-state index >= 15 is 0 Å². The third-order valence-electron chi connectivity index (χ3n) is 5.53. The van der Waals surface area contributed by atoms with Crippen molar-refractivity contribution in [2.45, 2.75) is 32.8 Å². The molecule has 0 spiro atoms. The summed E-state index contributed by atoms with van der Waals surface area (Å²) in [5.74, 6) is 3.83. The molecule has 4 aromatic heterocycles. The zero-order valence-corrected chi connectivity index (χ0v) is 18.7. The molecule has 0 radical (unpaired) electrons. The number of nitrogens with one attached hydrogen (secondary N) is 2. The summed E-state index contributed by atoms with van der Waals surface area (Å²) in [4.78, 5) is 20.3. The first-order chi connectivity index (χ1) is 16.1. The number of pyridine rings is 2. The molecule has 1 saturated heterocycles. The zero-order chi connectivity index (χ0) is 22.6. The fourth-order valence-corrected chi connectivity index (χ4v) is 3.89. The molecular formula is C24H26N8O. The number of hydrogen-bond acceptors (Lipinski definition) is 8. The quantitative estimate of drug-likeness (QED) is 0.461. The summed E-state index contributed by atoms with van der Waals surface area (Å²) in [7, 11) is 0. The van der Waals surface area contributed by atoms with Gasteiger partial charge in [-0.1, -0.05) is 0 Å². The first kappa shape index (κ1) is 20.9. The van der Waals surface area contributed by atoms with Crippen molar-refractivity contribution in [3.05, 3.63) is 66.4 Å². The van der Waals surface area contributed by atoms with E-state index in [-0.39, 0.29) is 6.10 Å². The van der Waals surface area contributed by atoms with E-state index in [1.54, 1.807) is 12.4 Å². The van der Waals surface area contributed by atoms with Crippen LogP contribution < -0.4 is 15.0 Å².